The highest BCUT2D eigenvalue weighted by atomic mass is 35.5. The second-order valence-corrected chi connectivity index (χ2v) is 9.11. The number of nitrogens with zero attached hydrogens (tertiary/aromatic N) is 2. The topological polar surface area (TPSA) is 35.9 Å². The maximum atomic E-state index is 9.60. The molecule has 1 saturated heterocycles. The summed E-state index contributed by atoms with van der Waals surface area (Å²) in [7, 11) is 0. The van der Waals surface area contributed by atoms with E-state index in [1.165, 1.54) is 44.2 Å². The van der Waals surface area contributed by atoms with Gasteiger partial charge in [0.15, 0.2) is 0 Å². The minimum absolute atomic E-state index is 0.275. The van der Waals surface area contributed by atoms with Gasteiger partial charge < -0.3 is 9.84 Å². The summed E-state index contributed by atoms with van der Waals surface area (Å²) in [5.41, 5.74) is 2.38. The fraction of sp³-hybridized carbons (Fsp3) is 0.652. The molecule has 2 fully saturated rings. The van der Waals surface area contributed by atoms with E-state index in [2.05, 4.69) is 15.9 Å². The Labute approximate surface area is 174 Å². The van der Waals surface area contributed by atoms with Gasteiger partial charge in [-0.15, -0.1) is 0 Å². The summed E-state index contributed by atoms with van der Waals surface area (Å²) in [5.74, 6) is 1.78. The third kappa shape index (κ3) is 5.10. The van der Waals surface area contributed by atoms with Gasteiger partial charge in [0.25, 0.3) is 0 Å². The molecule has 1 aromatic rings. The summed E-state index contributed by atoms with van der Waals surface area (Å²) < 4.78 is 5.92. The van der Waals surface area contributed by atoms with Crippen LogP contribution in [-0.4, -0.2) is 66.9 Å². The number of piperazine rings is 1. The smallest absolute Gasteiger partial charge is 0.127 e. The summed E-state index contributed by atoms with van der Waals surface area (Å²) in [6.45, 7) is 6.32. The first-order valence-electron chi connectivity index (χ1n) is 10.9. The fourth-order valence-corrected chi connectivity index (χ4v) is 5.22. The highest BCUT2D eigenvalue weighted by Gasteiger charge is 2.29. The average molecular weight is 405 g/mol. The van der Waals surface area contributed by atoms with E-state index in [0.29, 0.717) is 12.6 Å². The lowest BCUT2D eigenvalue weighted by Crippen LogP contribution is -2.55. The quantitative estimate of drug-likeness (QED) is 0.775. The van der Waals surface area contributed by atoms with Crippen molar-refractivity contribution in [2.75, 3.05) is 45.9 Å². The molecule has 154 valence electrons. The Balaban J connectivity index is 1.36. The average Bonchev–Trinajstić information content (AvgIpc) is 2.71. The van der Waals surface area contributed by atoms with Gasteiger partial charge in [-0.1, -0.05) is 30.9 Å². The fourth-order valence-electron chi connectivity index (χ4n) is 5.04. The largest absolute Gasteiger partial charge is 0.489 e. The third-order valence-electron chi connectivity index (χ3n) is 6.54. The van der Waals surface area contributed by atoms with Crippen molar-refractivity contribution in [2.24, 2.45) is 5.92 Å². The van der Waals surface area contributed by atoms with Crippen molar-refractivity contribution < 1.29 is 9.84 Å². The molecular formula is C23H33ClN2O2. The zero-order chi connectivity index (χ0) is 19.3. The SMILES string of the molecule is OCC[C@@H]1CN(CC2=Cc3cc(Cl)ccc3OC2)CCN1CC1CCCCC1. The van der Waals surface area contributed by atoms with Crippen LogP contribution < -0.4 is 4.74 Å². The summed E-state index contributed by atoms with van der Waals surface area (Å²) in [5, 5.41) is 10.3. The van der Waals surface area contributed by atoms with Crippen molar-refractivity contribution in [3.8, 4) is 5.75 Å². The van der Waals surface area contributed by atoms with E-state index in [-0.39, 0.29) is 6.61 Å². The summed E-state index contributed by atoms with van der Waals surface area (Å²) in [6.07, 6.45) is 10.1. The van der Waals surface area contributed by atoms with Crippen LogP contribution in [0.4, 0.5) is 0 Å². The predicted octanol–water partition coefficient (Wildman–Crippen LogP) is 4.06. The Hall–Kier alpha value is -1.07. The van der Waals surface area contributed by atoms with Crippen LogP contribution in [0.2, 0.25) is 5.02 Å². The molecular weight excluding hydrogens is 372 g/mol. The monoisotopic (exact) mass is 404 g/mol. The maximum absolute atomic E-state index is 9.60. The van der Waals surface area contributed by atoms with E-state index in [1.54, 1.807) is 0 Å². The van der Waals surface area contributed by atoms with Gasteiger partial charge in [-0.05, 0) is 55.0 Å². The van der Waals surface area contributed by atoms with Crippen LogP contribution in [0.15, 0.2) is 23.8 Å². The second-order valence-electron chi connectivity index (χ2n) is 8.67. The van der Waals surface area contributed by atoms with Gasteiger partial charge in [0.1, 0.15) is 12.4 Å². The van der Waals surface area contributed by atoms with Crippen molar-refractivity contribution >= 4 is 17.7 Å². The van der Waals surface area contributed by atoms with Crippen molar-refractivity contribution in [3.05, 3.63) is 34.4 Å². The number of benzene rings is 1. The van der Waals surface area contributed by atoms with E-state index in [1.807, 2.05) is 18.2 Å². The van der Waals surface area contributed by atoms with E-state index in [0.717, 1.165) is 54.9 Å². The van der Waals surface area contributed by atoms with E-state index >= 15 is 0 Å². The molecule has 3 aliphatic rings. The number of hydrogen-bond donors (Lipinski definition) is 1. The normalized spacial score (nSPS) is 24.5. The standard InChI is InChI=1S/C23H33ClN2O2/c24-21-6-7-23-20(13-21)12-19(17-28-23)14-25-9-10-26(22(16-25)8-11-27)15-18-4-2-1-3-5-18/h6-7,12-13,18,22,27H,1-5,8-11,14-17H2/t22-/m1/s1. The Bertz CT molecular complexity index is 687. The molecule has 5 heteroatoms. The lowest BCUT2D eigenvalue weighted by molar-refractivity contribution is 0.0466. The van der Waals surface area contributed by atoms with Crippen LogP contribution in [0.25, 0.3) is 6.08 Å². The number of ether oxygens (including phenoxy) is 1. The van der Waals surface area contributed by atoms with E-state index in [4.69, 9.17) is 16.3 Å². The molecule has 4 rings (SSSR count). The van der Waals surface area contributed by atoms with Crippen molar-refractivity contribution in [1.82, 2.24) is 9.80 Å². The molecule has 1 aromatic carbocycles. The number of aliphatic hydroxyl groups is 1. The van der Waals surface area contributed by atoms with Crippen LogP contribution in [0, 0.1) is 5.92 Å². The highest BCUT2D eigenvalue weighted by Crippen LogP contribution is 2.30. The molecule has 1 N–H and O–H groups in total. The number of hydrogen-bond acceptors (Lipinski definition) is 4. The Morgan fingerprint density at radius 2 is 2.00 bits per heavy atom. The number of fused-ring (bicyclic) bond motifs is 1. The number of aliphatic hydroxyl groups excluding tert-OH is 1. The predicted molar refractivity (Wildman–Crippen MR) is 115 cm³/mol. The first kappa shape index (κ1) is 20.2. The van der Waals surface area contributed by atoms with Crippen LogP contribution in [-0.2, 0) is 0 Å². The van der Waals surface area contributed by atoms with Gasteiger partial charge in [-0.3, -0.25) is 9.80 Å². The molecule has 28 heavy (non-hydrogen) atoms. The lowest BCUT2D eigenvalue weighted by Gasteiger charge is -2.43. The van der Waals surface area contributed by atoms with Crippen molar-refractivity contribution in [3.63, 3.8) is 0 Å². The van der Waals surface area contributed by atoms with Crippen LogP contribution in [0.3, 0.4) is 0 Å². The third-order valence-corrected chi connectivity index (χ3v) is 6.77. The summed E-state index contributed by atoms with van der Waals surface area (Å²) >= 11 is 6.14. The molecule has 4 nitrogen and oxygen atoms in total. The van der Waals surface area contributed by atoms with Gasteiger partial charge in [-0.25, -0.2) is 0 Å². The molecule has 1 atom stereocenters. The zero-order valence-corrected chi connectivity index (χ0v) is 17.5. The first-order valence-corrected chi connectivity index (χ1v) is 11.3. The summed E-state index contributed by atoms with van der Waals surface area (Å²) in [4.78, 5) is 5.19. The van der Waals surface area contributed by atoms with Crippen LogP contribution in [0.5, 0.6) is 5.75 Å². The van der Waals surface area contributed by atoms with E-state index in [9.17, 15) is 5.11 Å². The van der Waals surface area contributed by atoms with Gasteiger partial charge >= 0.3 is 0 Å². The van der Waals surface area contributed by atoms with E-state index < -0.39 is 0 Å². The molecule has 1 aliphatic carbocycles. The minimum Gasteiger partial charge on any atom is -0.489 e. The van der Waals surface area contributed by atoms with Gasteiger partial charge in [-0.2, -0.15) is 0 Å². The Morgan fingerprint density at radius 3 is 2.82 bits per heavy atom. The van der Waals surface area contributed by atoms with Crippen molar-refractivity contribution in [2.45, 2.75) is 44.6 Å². The molecule has 1 saturated carbocycles. The van der Waals surface area contributed by atoms with Crippen LogP contribution in [0.1, 0.15) is 44.1 Å². The molecule has 0 spiro atoms. The summed E-state index contributed by atoms with van der Waals surface area (Å²) in [6, 6.07) is 6.27. The van der Waals surface area contributed by atoms with Gasteiger partial charge in [0, 0.05) is 56.0 Å². The number of halogens is 1. The Morgan fingerprint density at radius 1 is 1.14 bits per heavy atom. The molecule has 0 radical (unpaired) electrons. The molecule has 0 amide bonds. The second kappa shape index (κ2) is 9.62. The van der Waals surface area contributed by atoms with Crippen molar-refractivity contribution in [1.29, 1.82) is 0 Å². The van der Waals surface area contributed by atoms with Crippen LogP contribution >= 0.6 is 11.6 Å². The Kier molecular flexibility index (Phi) is 6.94. The highest BCUT2D eigenvalue weighted by molar-refractivity contribution is 6.30. The molecule has 0 bridgehead atoms. The molecule has 2 aliphatic heterocycles. The minimum atomic E-state index is 0.275. The molecule has 0 unspecified atom stereocenters. The first-order chi connectivity index (χ1) is 13.7. The van der Waals surface area contributed by atoms with Gasteiger partial charge in [0.2, 0.25) is 0 Å². The van der Waals surface area contributed by atoms with Gasteiger partial charge in [0.05, 0.1) is 0 Å². The number of rotatable bonds is 6. The lowest BCUT2D eigenvalue weighted by atomic mass is 9.88. The molecule has 0 aromatic heterocycles. The zero-order valence-electron chi connectivity index (χ0n) is 16.8. The maximum Gasteiger partial charge on any atom is 0.127 e. The molecule has 2 heterocycles.